The van der Waals surface area contributed by atoms with Crippen LogP contribution in [-0.4, -0.2) is 12.1 Å². The Kier molecular flexibility index (Phi) is 3.18. The van der Waals surface area contributed by atoms with Crippen LogP contribution in [0.25, 0.3) is 0 Å². The van der Waals surface area contributed by atoms with E-state index in [1.54, 1.807) is 12.5 Å². The molecule has 2 aromatic rings. The van der Waals surface area contributed by atoms with Gasteiger partial charge in [-0.25, -0.2) is 4.98 Å². The maximum atomic E-state index is 8.66. The molecule has 1 heterocycles. The molecule has 0 bridgehead atoms. The first-order valence-electron chi connectivity index (χ1n) is 4.79. The number of nitriles is 1. The van der Waals surface area contributed by atoms with Gasteiger partial charge >= 0.3 is 0 Å². The summed E-state index contributed by atoms with van der Waals surface area (Å²) in [4.78, 5) is 4.19. The van der Waals surface area contributed by atoms with Crippen molar-refractivity contribution in [3.8, 4) is 11.8 Å². The molecule has 0 atom stereocenters. The van der Waals surface area contributed by atoms with Crippen LogP contribution in [0.2, 0.25) is 0 Å². The van der Waals surface area contributed by atoms with Gasteiger partial charge in [0.15, 0.2) is 5.69 Å². The van der Waals surface area contributed by atoms with Crippen LogP contribution in [0.3, 0.4) is 0 Å². The van der Waals surface area contributed by atoms with Crippen LogP contribution in [0.15, 0.2) is 29.6 Å². The Bertz CT molecular complexity index is 511. The Morgan fingerprint density at radius 2 is 2.12 bits per heavy atom. The number of rotatable bonds is 3. The second-order valence-corrected chi connectivity index (χ2v) is 4.21. The summed E-state index contributed by atoms with van der Waals surface area (Å²) < 4.78 is 5.08. The standard InChI is InChI=1S/C12H10N2OS/c1-15-11-4-2-9(3-5-11)6-12-14-10(7-13)8-16-12/h2-5,8H,6H2,1H3. The maximum Gasteiger partial charge on any atom is 0.151 e. The smallest absolute Gasteiger partial charge is 0.151 e. The average molecular weight is 230 g/mol. The lowest BCUT2D eigenvalue weighted by atomic mass is 10.1. The lowest BCUT2D eigenvalue weighted by Gasteiger charge is -2.01. The molecule has 0 aliphatic heterocycles. The number of nitrogens with zero attached hydrogens (tertiary/aromatic N) is 2. The molecular weight excluding hydrogens is 220 g/mol. The molecule has 80 valence electrons. The van der Waals surface area contributed by atoms with E-state index in [0.717, 1.165) is 17.2 Å². The Labute approximate surface area is 97.9 Å². The van der Waals surface area contributed by atoms with Crippen LogP contribution < -0.4 is 4.74 Å². The first-order chi connectivity index (χ1) is 7.81. The van der Waals surface area contributed by atoms with Crippen molar-refractivity contribution in [2.45, 2.75) is 6.42 Å². The van der Waals surface area contributed by atoms with Gasteiger partial charge in [-0.05, 0) is 17.7 Å². The first-order valence-corrected chi connectivity index (χ1v) is 5.67. The van der Waals surface area contributed by atoms with Gasteiger partial charge < -0.3 is 4.74 Å². The summed E-state index contributed by atoms with van der Waals surface area (Å²) in [6.07, 6.45) is 0.760. The van der Waals surface area contributed by atoms with Crippen LogP contribution in [-0.2, 0) is 6.42 Å². The average Bonchev–Trinajstić information content (AvgIpc) is 2.78. The zero-order valence-corrected chi connectivity index (χ0v) is 9.62. The number of methoxy groups -OCH3 is 1. The van der Waals surface area contributed by atoms with E-state index in [0.29, 0.717) is 5.69 Å². The van der Waals surface area contributed by atoms with E-state index in [-0.39, 0.29) is 0 Å². The normalized spacial score (nSPS) is 9.75. The van der Waals surface area contributed by atoms with Crippen molar-refractivity contribution in [1.82, 2.24) is 4.98 Å². The molecule has 0 fully saturated rings. The number of thiazole rings is 1. The molecule has 16 heavy (non-hydrogen) atoms. The molecule has 1 aromatic heterocycles. The van der Waals surface area contributed by atoms with Crippen LogP contribution in [0.1, 0.15) is 16.3 Å². The predicted octanol–water partition coefficient (Wildman–Crippen LogP) is 2.61. The molecule has 0 aliphatic carbocycles. The van der Waals surface area contributed by atoms with Crippen LogP contribution in [0, 0.1) is 11.3 Å². The van der Waals surface area contributed by atoms with E-state index < -0.39 is 0 Å². The zero-order valence-electron chi connectivity index (χ0n) is 8.80. The molecule has 0 amide bonds. The highest BCUT2D eigenvalue weighted by molar-refractivity contribution is 7.09. The quantitative estimate of drug-likeness (QED) is 0.814. The van der Waals surface area contributed by atoms with Crippen molar-refractivity contribution in [3.63, 3.8) is 0 Å². The highest BCUT2D eigenvalue weighted by Crippen LogP contribution is 2.17. The topological polar surface area (TPSA) is 45.9 Å². The SMILES string of the molecule is COc1ccc(Cc2nc(C#N)cs2)cc1. The molecule has 4 heteroatoms. The fraction of sp³-hybridized carbons (Fsp3) is 0.167. The van der Waals surface area contributed by atoms with Gasteiger partial charge in [-0.1, -0.05) is 12.1 Å². The Morgan fingerprint density at radius 1 is 1.38 bits per heavy atom. The maximum absolute atomic E-state index is 8.66. The molecular formula is C12H10N2OS. The summed E-state index contributed by atoms with van der Waals surface area (Å²) in [5.74, 6) is 0.848. The molecule has 0 radical (unpaired) electrons. The molecule has 0 saturated heterocycles. The van der Waals surface area contributed by atoms with E-state index >= 15 is 0 Å². The second-order valence-electron chi connectivity index (χ2n) is 3.26. The van der Waals surface area contributed by atoms with Gasteiger partial charge in [0.1, 0.15) is 11.8 Å². The molecule has 0 N–H and O–H groups in total. The molecule has 0 spiro atoms. The van der Waals surface area contributed by atoms with Gasteiger partial charge in [-0.2, -0.15) is 5.26 Å². The molecule has 0 saturated carbocycles. The number of ether oxygens (including phenoxy) is 1. The van der Waals surface area contributed by atoms with E-state index in [1.807, 2.05) is 30.3 Å². The highest BCUT2D eigenvalue weighted by Gasteiger charge is 2.02. The van der Waals surface area contributed by atoms with Crippen molar-refractivity contribution in [1.29, 1.82) is 5.26 Å². The van der Waals surface area contributed by atoms with Crippen molar-refractivity contribution in [2.24, 2.45) is 0 Å². The molecule has 0 unspecified atom stereocenters. The summed E-state index contributed by atoms with van der Waals surface area (Å²) in [6.45, 7) is 0. The third kappa shape index (κ3) is 2.38. The van der Waals surface area contributed by atoms with Crippen LogP contribution >= 0.6 is 11.3 Å². The first kappa shape index (κ1) is 10.7. The van der Waals surface area contributed by atoms with Crippen molar-refractivity contribution in [3.05, 3.63) is 45.9 Å². The summed E-state index contributed by atoms with van der Waals surface area (Å²) in [7, 11) is 1.65. The van der Waals surface area contributed by atoms with Gasteiger partial charge in [0.25, 0.3) is 0 Å². The van der Waals surface area contributed by atoms with Crippen molar-refractivity contribution in [2.75, 3.05) is 7.11 Å². The zero-order chi connectivity index (χ0) is 11.4. The fourth-order valence-corrected chi connectivity index (χ4v) is 2.12. The monoisotopic (exact) mass is 230 g/mol. The molecule has 2 rings (SSSR count). The highest BCUT2D eigenvalue weighted by atomic mass is 32.1. The summed E-state index contributed by atoms with van der Waals surface area (Å²) in [5, 5.41) is 11.4. The largest absolute Gasteiger partial charge is 0.497 e. The summed E-state index contributed by atoms with van der Waals surface area (Å²) in [6, 6.07) is 9.89. The van der Waals surface area contributed by atoms with Gasteiger partial charge in [0.2, 0.25) is 0 Å². The van der Waals surface area contributed by atoms with Gasteiger partial charge in [0.05, 0.1) is 12.1 Å². The third-order valence-electron chi connectivity index (χ3n) is 2.18. The van der Waals surface area contributed by atoms with Crippen molar-refractivity contribution >= 4 is 11.3 Å². The van der Waals surface area contributed by atoms with Crippen molar-refractivity contribution < 1.29 is 4.74 Å². The minimum Gasteiger partial charge on any atom is -0.497 e. The Hall–Kier alpha value is -1.86. The number of hydrogen-bond donors (Lipinski definition) is 0. The third-order valence-corrected chi connectivity index (χ3v) is 3.03. The lowest BCUT2D eigenvalue weighted by Crippen LogP contribution is -1.88. The van der Waals surface area contributed by atoms with Crippen LogP contribution in [0.4, 0.5) is 0 Å². The van der Waals surface area contributed by atoms with Gasteiger partial charge in [-0.15, -0.1) is 11.3 Å². The number of benzene rings is 1. The number of hydrogen-bond acceptors (Lipinski definition) is 4. The summed E-state index contributed by atoms with van der Waals surface area (Å²) >= 11 is 1.51. The van der Waals surface area contributed by atoms with Crippen LogP contribution in [0.5, 0.6) is 5.75 Å². The minimum atomic E-state index is 0.494. The predicted molar refractivity (Wildman–Crippen MR) is 62.6 cm³/mol. The summed E-state index contributed by atoms with van der Waals surface area (Å²) in [5.41, 5.74) is 1.66. The van der Waals surface area contributed by atoms with Gasteiger partial charge in [0, 0.05) is 11.8 Å². The Balaban J connectivity index is 2.11. The minimum absolute atomic E-state index is 0.494. The fourth-order valence-electron chi connectivity index (χ4n) is 1.36. The molecule has 0 aliphatic rings. The van der Waals surface area contributed by atoms with E-state index in [1.165, 1.54) is 16.9 Å². The van der Waals surface area contributed by atoms with E-state index in [4.69, 9.17) is 10.00 Å². The number of aromatic nitrogens is 1. The molecule has 3 nitrogen and oxygen atoms in total. The molecule has 1 aromatic carbocycles. The van der Waals surface area contributed by atoms with E-state index in [2.05, 4.69) is 4.98 Å². The lowest BCUT2D eigenvalue weighted by molar-refractivity contribution is 0.414. The second kappa shape index (κ2) is 4.77. The van der Waals surface area contributed by atoms with Gasteiger partial charge in [-0.3, -0.25) is 0 Å². The van der Waals surface area contributed by atoms with E-state index in [9.17, 15) is 0 Å². The Morgan fingerprint density at radius 3 is 2.69 bits per heavy atom.